The van der Waals surface area contributed by atoms with E-state index in [0.717, 1.165) is 25.2 Å². The molecule has 3 rings (SSSR count). The summed E-state index contributed by atoms with van der Waals surface area (Å²) in [5.74, 6) is 6.89. The standard InChI is InChI=1S/C21H32N4O/c1-15(2)25-20-7-5-4-6-19(20)24(18-10-8-16(3)9-11-18)14-17(12-13-26)21(25)23-22/h4-5,7-10,15,17-19,26H,6,11-14,22H2,1-3H3/b23-21-. The summed E-state index contributed by atoms with van der Waals surface area (Å²) < 4.78 is 0. The third kappa shape index (κ3) is 3.64. The summed E-state index contributed by atoms with van der Waals surface area (Å²) in [7, 11) is 0. The smallest absolute Gasteiger partial charge is 0.133 e. The number of amidine groups is 1. The number of allylic oxidation sites excluding steroid dienone is 4. The third-order valence-corrected chi connectivity index (χ3v) is 5.64. The van der Waals surface area contributed by atoms with Crippen LogP contribution in [0.1, 0.15) is 40.0 Å². The molecule has 26 heavy (non-hydrogen) atoms. The zero-order valence-corrected chi connectivity index (χ0v) is 16.2. The van der Waals surface area contributed by atoms with Gasteiger partial charge in [-0.1, -0.05) is 36.0 Å². The van der Waals surface area contributed by atoms with E-state index in [4.69, 9.17) is 5.84 Å². The highest BCUT2D eigenvalue weighted by atomic mass is 16.3. The Bertz CT molecular complexity index is 659. The Morgan fingerprint density at radius 3 is 2.77 bits per heavy atom. The second kappa shape index (κ2) is 8.23. The van der Waals surface area contributed by atoms with Crippen LogP contribution in [0, 0.1) is 5.92 Å². The van der Waals surface area contributed by atoms with E-state index < -0.39 is 0 Å². The van der Waals surface area contributed by atoms with Crippen molar-refractivity contribution in [3.8, 4) is 0 Å². The first-order valence-corrected chi connectivity index (χ1v) is 9.72. The van der Waals surface area contributed by atoms with E-state index in [0.29, 0.717) is 18.5 Å². The maximum absolute atomic E-state index is 9.66. The molecule has 3 aliphatic rings. The number of fused-ring (bicyclic) bond motifs is 1. The summed E-state index contributed by atoms with van der Waals surface area (Å²) in [6.45, 7) is 7.51. The average Bonchev–Trinajstić information content (AvgIpc) is 2.77. The van der Waals surface area contributed by atoms with E-state index in [-0.39, 0.29) is 18.6 Å². The van der Waals surface area contributed by atoms with Crippen molar-refractivity contribution in [2.45, 2.75) is 58.2 Å². The second-order valence-electron chi connectivity index (χ2n) is 7.74. The largest absolute Gasteiger partial charge is 0.396 e. The molecule has 1 heterocycles. The van der Waals surface area contributed by atoms with Crippen molar-refractivity contribution in [1.82, 2.24) is 9.80 Å². The predicted octanol–water partition coefficient (Wildman–Crippen LogP) is 2.77. The van der Waals surface area contributed by atoms with Crippen LogP contribution in [-0.2, 0) is 0 Å². The first-order valence-electron chi connectivity index (χ1n) is 9.72. The molecular formula is C21H32N4O. The lowest BCUT2D eigenvalue weighted by Crippen LogP contribution is -2.46. The van der Waals surface area contributed by atoms with Crippen molar-refractivity contribution in [3.63, 3.8) is 0 Å². The number of hydrazone groups is 1. The molecule has 0 aromatic rings. The summed E-state index contributed by atoms with van der Waals surface area (Å²) in [6.07, 6.45) is 16.2. The molecule has 3 unspecified atom stereocenters. The van der Waals surface area contributed by atoms with E-state index in [2.05, 4.69) is 72.1 Å². The summed E-state index contributed by atoms with van der Waals surface area (Å²) in [4.78, 5) is 4.88. The van der Waals surface area contributed by atoms with Crippen LogP contribution >= 0.6 is 0 Å². The highest BCUT2D eigenvalue weighted by Crippen LogP contribution is 2.34. The molecule has 0 aromatic heterocycles. The Kier molecular flexibility index (Phi) is 5.99. The summed E-state index contributed by atoms with van der Waals surface area (Å²) in [6, 6.07) is 0.943. The van der Waals surface area contributed by atoms with Crippen molar-refractivity contribution in [3.05, 3.63) is 47.7 Å². The van der Waals surface area contributed by atoms with Gasteiger partial charge in [-0.05, 0) is 46.1 Å². The van der Waals surface area contributed by atoms with E-state index in [1.807, 2.05) is 0 Å². The van der Waals surface area contributed by atoms with Crippen LogP contribution in [0.5, 0.6) is 0 Å². The molecule has 0 aromatic carbocycles. The molecule has 1 saturated heterocycles. The second-order valence-corrected chi connectivity index (χ2v) is 7.74. The van der Waals surface area contributed by atoms with E-state index in [9.17, 15) is 5.11 Å². The van der Waals surface area contributed by atoms with Crippen molar-refractivity contribution < 1.29 is 5.11 Å². The normalized spacial score (nSPS) is 31.0. The molecule has 142 valence electrons. The number of aliphatic hydroxyl groups excluding tert-OH is 1. The molecule has 0 spiro atoms. The minimum Gasteiger partial charge on any atom is -0.396 e. The summed E-state index contributed by atoms with van der Waals surface area (Å²) in [5, 5.41) is 13.9. The molecule has 0 saturated carbocycles. The van der Waals surface area contributed by atoms with Crippen LogP contribution in [-0.4, -0.2) is 52.0 Å². The number of nitrogens with two attached hydrogens (primary N) is 1. The summed E-state index contributed by atoms with van der Waals surface area (Å²) in [5.41, 5.74) is 2.60. The highest BCUT2D eigenvalue weighted by Gasteiger charge is 2.40. The maximum Gasteiger partial charge on any atom is 0.133 e. The molecule has 2 aliphatic carbocycles. The molecular weight excluding hydrogens is 324 g/mol. The molecule has 0 bridgehead atoms. The van der Waals surface area contributed by atoms with Gasteiger partial charge in [0.1, 0.15) is 5.84 Å². The molecule has 1 fully saturated rings. The van der Waals surface area contributed by atoms with Gasteiger partial charge < -0.3 is 15.8 Å². The topological polar surface area (TPSA) is 65.1 Å². The van der Waals surface area contributed by atoms with Gasteiger partial charge in [0.25, 0.3) is 0 Å². The predicted molar refractivity (Wildman–Crippen MR) is 107 cm³/mol. The van der Waals surface area contributed by atoms with Crippen molar-refractivity contribution in [1.29, 1.82) is 0 Å². The quantitative estimate of drug-likeness (QED) is 0.600. The van der Waals surface area contributed by atoms with Crippen molar-refractivity contribution >= 4 is 5.84 Å². The minimum atomic E-state index is 0.124. The molecule has 1 aliphatic heterocycles. The van der Waals surface area contributed by atoms with Gasteiger partial charge in [-0.25, -0.2) is 0 Å². The molecule has 3 N–H and O–H groups in total. The number of nitrogens with zero attached hydrogens (tertiary/aromatic N) is 3. The van der Waals surface area contributed by atoms with Crippen molar-refractivity contribution in [2.24, 2.45) is 16.9 Å². The fourth-order valence-corrected chi connectivity index (χ4v) is 4.38. The van der Waals surface area contributed by atoms with Crippen LogP contribution in [0.3, 0.4) is 0 Å². The Morgan fingerprint density at radius 2 is 2.15 bits per heavy atom. The molecule has 0 radical (unpaired) electrons. The van der Waals surface area contributed by atoms with Crippen molar-refractivity contribution in [2.75, 3.05) is 13.2 Å². The Morgan fingerprint density at radius 1 is 1.35 bits per heavy atom. The molecule has 3 atom stereocenters. The van der Waals surface area contributed by atoms with Crippen LogP contribution in [0.2, 0.25) is 0 Å². The fraction of sp³-hybridized carbons (Fsp3) is 0.571. The zero-order valence-electron chi connectivity index (χ0n) is 16.2. The van der Waals surface area contributed by atoms with Gasteiger partial charge in [-0.15, -0.1) is 0 Å². The van der Waals surface area contributed by atoms with Gasteiger partial charge in [0.15, 0.2) is 0 Å². The number of hydrogen-bond donors (Lipinski definition) is 2. The summed E-state index contributed by atoms with van der Waals surface area (Å²) >= 11 is 0. The Hall–Kier alpha value is -1.85. The third-order valence-electron chi connectivity index (χ3n) is 5.64. The Balaban J connectivity index is 2.02. The highest BCUT2D eigenvalue weighted by molar-refractivity contribution is 5.87. The zero-order chi connectivity index (χ0) is 18.7. The van der Waals surface area contributed by atoms with E-state index in [1.165, 1.54) is 11.3 Å². The van der Waals surface area contributed by atoms with Gasteiger partial charge >= 0.3 is 0 Å². The number of hydrogen-bond acceptors (Lipinski definition) is 4. The minimum absolute atomic E-state index is 0.124. The lowest BCUT2D eigenvalue weighted by atomic mass is 9.95. The first kappa shape index (κ1) is 18.9. The van der Waals surface area contributed by atoms with Gasteiger partial charge in [-0.3, -0.25) is 4.90 Å². The lowest BCUT2D eigenvalue weighted by Gasteiger charge is -2.40. The Labute approximate surface area is 157 Å². The maximum atomic E-state index is 9.66. The van der Waals surface area contributed by atoms with Crippen LogP contribution in [0.15, 0.2) is 52.8 Å². The number of aliphatic hydroxyl groups is 1. The monoisotopic (exact) mass is 356 g/mol. The van der Waals surface area contributed by atoms with Crippen LogP contribution in [0.25, 0.3) is 0 Å². The first-order chi connectivity index (χ1) is 12.6. The molecule has 0 amide bonds. The fourth-order valence-electron chi connectivity index (χ4n) is 4.38. The van der Waals surface area contributed by atoms with Crippen LogP contribution < -0.4 is 5.84 Å². The molecule has 5 heteroatoms. The van der Waals surface area contributed by atoms with Gasteiger partial charge in [0, 0.05) is 36.9 Å². The number of rotatable bonds is 4. The molecule has 5 nitrogen and oxygen atoms in total. The van der Waals surface area contributed by atoms with E-state index >= 15 is 0 Å². The van der Waals surface area contributed by atoms with E-state index in [1.54, 1.807) is 0 Å². The van der Waals surface area contributed by atoms with Gasteiger partial charge in [0.2, 0.25) is 0 Å². The lowest BCUT2D eigenvalue weighted by molar-refractivity contribution is 0.155. The SMILES string of the molecule is CC1=CCC(N2CC(CCO)/C(=N/N)N(C(C)C)C3=CC=CCC32)C=C1. The van der Waals surface area contributed by atoms with Crippen LogP contribution in [0.4, 0.5) is 0 Å². The van der Waals surface area contributed by atoms with Gasteiger partial charge in [-0.2, -0.15) is 5.10 Å². The average molecular weight is 357 g/mol. The van der Waals surface area contributed by atoms with Gasteiger partial charge in [0.05, 0.1) is 6.04 Å².